The molecule has 123 heavy (non-hydrogen) atoms. The number of halogens is 1. The third-order valence-electron chi connectivity index (χ3n) is 23.4. The lowest BCUT2D eigenvalue weighted by Crippen LogP contribution is -2.37. The number of carbonyl (C=O) groups excluding carboxylic acids is 14. The van der Waals surface area contributed by atoms with Crippen molar-refractivity contribution in [3.8, 4) is 6.07 Å². The molecule has 10 rings (SSSR count). The van der Waals surface area contributed by atoms with Crippen LogP contribution in [0.5, 0.6) is 0 Å². The summed E-state index contributed by atoms with van der Waals surface area (Å²) in [4.78, 5) is 177. The van der Waals surface area contributed by atoms with Crippen LogP contribution in [0.25, 0.3) is 0 Å². The van der Waals surface area contributed by atoms with Gasteiger partial charge in [-0.25, -0.2) is 28.6 Å². The number of nitrogens with one attached hydrogen (secondary N) is 9. The number of hydroxylamine groups is 2. The van der Waals surface area contributed by atoms with Gasteiger partial charge >= 0.3 is 30.1 Å². The fourth-order valence-corrected chi connectivity index (χ4v) is 24.9. The van der Waals surface area contributed by atoms with Gasteiger partial charge in [0.25, 0.3) is 32.2 Å². The first-order valence-electron chi connectivity index (χ1n) is 44.4. The third kappa shape index (κ3) is 34.8. The fraction of sp³-hybridized carbons (Fsp3) is 0.795. The molecule has 0 aliphatic carbocycles. The van der Waals surface area contributed by atoms with Crippen LogP contribution in [-0.2, 0) is 61.8 Å². The SMILES string of the molecule is CC(C)N(C(C)C)P(OCCC#N)OCCCCCCNC(=O)CCCCC1SC[C@H]2[C@@H]1NC(=O)N2C.CN1C(=O)N[C@@H]2C(CCCCC(=O)NCCCCCC(=O)ON3C(=O)CCC3=O)SC[C@@H]21.CN1C(=O)N[C@@H]2C(CCCCC(=O)NCCCCCCN3C(=O)C=CC3=O)SC[C@@H]21.CN1C(=O)N[C@@H]2C(CCCCC(=O)NCCNC(=O)CI)SC[C@@H]21. The Morgan fingerprint density at radius 2 is 0.780 bits per heavy atom. The molecule has 13 atom stereocenters. The molecule has 5 unspecified atom stereocenters. The van der Waals surface area contributed by atoms with Crippen LogP contribution in [0, 0.1) is 11.3 Å². The Hall–Kier alpha value is -6.15. The highest BCUT2D eigenvalue weighted by molar-refractivity contribution is 14.1. The number of alkyl halides is 1. The summed E-state index contributed by atoms with van der Waals surface area (Å²) in [5, 5.41) is 37.9. The summed E-state index contributed by atoms with van der Waals surface area (Å²) in [5.74, 6) is 2.25. The molecule has 0 aromatic rings. The highest BCUT2D eigenvalue weighted by Crippen LogP contribution is 2.47. The van der Waals surface area contributed by atoms with E-state index >= 15 is 0 Å². The number of likely N-dealkylation sites (N-methyl/N-ethyl adjacent to an activating group) is 4. The van der Waals surface area contributed by atoms with Gasteiger partial charge in [-0.05, 0) is 118 Å². The summed E-state index contributed by atoms with van der Waals surface area (Å²) in [6.45, 7) is 13.0. The van der Waals surface area contributed by atoms with Crippen LogP contribution in [0.15, 0.2) is 12.2 Å². The van der Waals surface area contributed by atoms with E-state index in [1.807, 2.05) is 113 Å². The molecule has 10 aliphatic heterocycles. The second-order valence-electron chi connectivity index (χ2n) is 33.2. The minimum atomic E-state index is -1.17. The smallest absolute Gasteiger partial charge is 0.333 e. The molecule has 0 radical (unpaired) electrons. The van der Waals surface area contributed by atoms with E-state index in [1.165, 1.54) is 17.1 Å². The van der Waals surface area contributed by atoms with Gasteiger partial charge in [0, 0.05) is 181 Å². The molecule has 10 heterocycles. The van der Waals surface area contributed by atoms with Crippen molar-refractivity contribution in [3.63, 3.8) is 0 Å². The lowest BCUT2D eigenvalue weighted by molar-refractivity contribution is -0.197. The molecule has 0 aromatic carbocycles. The van der Waals surface area contributed by atoms with Crippen molar-refractivity contribution in [1.29, 1.82) is 5.26 Å². The third-order valence-corrected chi connectivity index (χ3v) is 32.2. The van der Waals surface area contributed by atoms with Crippen LogP contribution in [-0.4, -0.2) is 307 Å². The van der Waals surface area contributed by atoms with Gasteiger partial charge in [-0.2, -0.15) is 52.3 Å². The van der Waals surface area contributed by atoms with E-state index in [4.69, 9.17) is 19.1 Å². The maximum atomic E-state index is 12.2. The summed E-state index contributed by atoms with van der Waals surface area (Å²) in [6.07, 6.45) is 26.6. The zero-order chi connectivity index (χ0) is 89.3. The Morgan fingerprint density at radius 3 is 1.14 bits per heavy atom. The zero-order valence-corrected chi connectivity index (χ0v) is 79.6. The molecular weight excluding hydrogens is 1790 g/mol. The zero-order valence-electron chi connectivity index (χ0n) is 73.3. The molecule has 0 bridgehead atoms. The van der Waals surface area contributed by atoms with E-state index in [0.29, 0.717) is 145 Å². The summed E-state index contributed by atoms with van der Waals surface area (Å²) < 4.78 is 14.7. The summed E-state index contributed by atoms with van der Waals surface area (Å²) >= 11 is 9.71. The number of nitriles is 1. The standard InChI is InChI=1S/C26H48N5O4PS.C21H32N4O6S.C21H32N4O4S.C15H25IN4O3S/c1-20(2)31(21(3)4)36(35-18-12-15-27)34-17-11-7-6-10-16-28-24(32)14-9-8-13-23-25-22(19-37-23)30(5)26(33)29-25;1-24-14-13-32-15(20(14)23-21(24)30)7-4-5-8-16(26)22-12-6-2-3-9-19(29)31-25-17(27)10-11-18(25)28;1-24-15-14-30-16(20(15)23-21(24)29)8-4-5-9-17(26)22-12-6-2-3-7-13-25-18(27)10-11-19(25)28;1-20-10-9-24-11(14(10)19-15(20)23)4-2-3-5-12(21)17-6-7-18-13(22)8-16/h20-23,25H,6-14,16-19H2,1-5H3,(H,28,32)(H,29,33);14-15,20H,2-13H2,1H3,(H,22,26)(H,23,30);10-11,15-16,20H,2-9,12-14H2,1H3,(H,22,26)(H,23,29);10-11,14H,2-9H2,1H3,(H,17,21)(H,18,22)(H,19,23)/t22-,23?,25-,36?;14-,15?,20-;15-,16?,20-;10-,11?,14-/m0000/s1. The van der Waals surface area contributed by atoms with E-state index in [9.17, 15) is 67.1 Å². The molecule has 0 aromatic heterocycles. The predicted octanol–water partition coefficient (Wildman–Crippen LogP) is 8.74. The normalized spacial score (nSPS) is 24.1. The quantitative estimate of drug-likeness (QED) is 0.00686. The minimum Gasteiger partial charge on any atom is -0.356 e. The Kier molecular flexibility index (Phi) is 47.5. The molecule has 34 nitrogen and oxygen atoms in total. The number of unbranched alkanes of at least 4 members (excludes halogenated alkanes) is 12. The molecule has 10 aliphatic rings. The van der Waals surface area contributed by atoms with E-state index < -0.39 is 26.3 Å². The van der Waals surface area contributed by atoms with E-state index in [0.717, 1.165) is 171 Å². The highest BCUT2D eigenvalue weighted by atomic mass is 127. The van der Waals surface area contributed by atoms with Gasteiger partial charge in [0.15, 0.2) is 0 Å². The molecule has 40 heteroatoms. The number of imide groups is 2. The second-order valence-corrected chi connectivity index (χ2v) is 40.5. The highest BCUT2D eigenvalue weighted by Gasteiger charge is 2.50. The summed E-state index contributed by atoms with van der Waals surface area (Å²) in [7, 11) is 6.27. The lowest BCUT2D eigenvalue weighted by Gasteiger charge is -2.35. The van der Waals surface area contributed by atoms with Crippen molar-refractivity contribution in [2.45, 2.75) is 308 Å². The van der Waals surface area contributed by atoms with Gasteiger partial charge in [0.2, 0.25) is 29.5 Å². The molecule has 0 spiro atoms. The van der Waals surface area contributed by atoms with E-state index in [1.54, 1.807) is 4.90 Å². The largest absolute Gasteiger partial charge is 0.356 e. The van der Waals surface area contributed by atoms with Crippen molar-refractivity contribution in [2.75, 3.05) is 108 Å². The minimum absolute atomic E-state index is 0.0122. The first-order valence-corrected chi connectivity index (χ1v) is 51.3. The van der Waals surface area contributed by atoms with Crippen LogP contribution in [0.4, 0.5) is 19.2 Å². The molecule has 9 fully saturated rings. The average molecular weight is 1930 g/mol. The van der Waals surface area contributed by atoms with Crippen LogP contribution in [0.1, 0.15) is 227 Å². The number of hydrogen-bond acceptors (Lipinski definition) is 23. The van der Waals surface area contributed by atoms with Gasteiger partial charge in [-0.3, -0.25) is 48.1 Å². The number of rotatable bonds is 52. The Labute approximate surface area is 759 Å². The first kappa shape index (κ1) is 104. The number of carbonyl (C=O) groups is 14. The van der Waals surface area contributed by atoms with Crippen molar-refractivity contribution < 1.29 is 81.0 Å². The summed E-state index contributed by atoms with van der Waals surface area (Å²) in [5.41, 5.74) is 0. The van der Waals surface area contributed by atoms with Gasteiger partial charge in [0.05, 0.1) is 78.5 Å². The number of hydrogen-bond donors (Lipinski definition) is 9. The van der Waals surface area contributed by atoms with E-state index in [-0.39, 0.29) is 115 Å². The number of thioether (sulfide) groups is 4. The van der Waals surface area contributed by atoms with Gasteiger partial charge < -0.3 is 81.3 Å². The van der Waals surface area contributed by atoms with Gasteiger partial charge in [-0.1, -0.05) is 80.4 Å². The second kappa shape index (κ2) is 56.2. The fourth-order valence-electron chi connectivity index (χ4n) is 16.3. The molecular formula is C83H137IN17O17PS4. The van der Waals surface area contributed by atoms with Crippen LogP contribution in [0.3, 0.4) is 0 Å². The topological polar surface area (TPSA) is 421 Å². The monoisotopic (exact) mass is 1930 g/mol. The number of nitrogens with zero attached hydrogens (tertiary/aromatic N) is 8. The maximum absolute atomic E-state index is 12.2. The molecule has 17 amide bonds. The van der Waals surface area contributed by atoms with Crippen molar-refractivity contribution in [1.82, 2.24) is 82.1 Å². The van der Waals surface area contributed by atoms with E-state index in [2.05, 4.69) is 86.3 Å². The lowest BCUT2D eigenvalue weighted by atomic mass is 10.0. The number of fused-ring (bicyclic) bond motifs is 4. The predicted molar refractivity (Wildman–Crippen MR) is 488 cm³/mol. The number of amides is 17. The summed E-state index contributed by atoms with van der Waals surface area (Å²) in [6, 6.07) is 5.07. The van der Waals surface area contributed by atoms with Gasteiger partial charge in [-0.15, -0.1) is 5.06 Å². The molecule has 9 saturated heterocycles. The molecule has 9 N–H and O–H groups in total. The molecule has 692 valence electrons. The van der Waals surface area contributed by atoms with Crippen molar-refractivity contribution in [3.05, 3.63) is 12.2 Å². The average Bonchev–Trinajstić information content (AvgIpc) is 1.66. The molecule has 0 saturated carbocycles. The Bertz CT molecular complexity index is 3500. The Balaban J connectivity index is 0.000000228. The van der Waals surface area contributed by atoms with Gasteiger partial charge in [0.1, 0.15) is 0 Å². The maximum Gasteiger partial charge on any atom is 0.333 e. The van der Waals surface area contributed by atoms with Crippen LogP contribution < -0.4 is 47.9 Å². The number of urea groups is 4. The van der Waals surface area contributed by atoms with Crippen LogP contribution in [0.2, 0.25) is 0 Å². The van der Waals surface area contributed by atoms with Crippen molar-refractivity contribution in [2.24, 2.45) is 0 Å². The Morgan fingerprint density at radius 1 is 0.455 bits per heavy atom. The van der Waals surface area contributed by atoms with Crippen molar-refractivity contribution >= 4 is 161 Å². The van der Waals surface area contributed by atoms with Crippen LogP contribution >= 0.6 is 78.2 Å². The first-order chi connectivity index (χ1) is 59.1.